The third kappa shape index (κ3) is 2.72. The van der Waals surface area contributed by atoms with Crippen LogP contribution in [0.1, 0.15) is 17.5 Å². The summed E-state index contributed by atoms with van der Waals surface area (Å²) >= 11 is 0. The summed E-state index contributed by atoms with van der Waals surface area (Å²) < 4.78 is 20.6. The van der Waals surface area contributed by atoms with E-state index in [1.807, 2.05) is 0 Å². The quantitative estimate of drug-likeness (QED) is 0.885. The monoisotopic (exact) mass is 341 g/mol. The molecule has 4 rings (SSSR count). The number of halogens is 1. The summed E-state index contributed by atoms with van der Waals surface area (Å²) in [5.41, 5.74) is 6.23. The molecule has 2 N–H and O–H groups in total. The fraction of sp³-hybridized carbons (Fsp3) is 0.353. The average Bonchev–Trinajstić information content (AvgIpc) is 3.11. The van der Waals surface area contributed by atoms with Crippen molar-refractivity contribution in [2.75, 3.05) is 11.4 Å². The van der Waals surface area contributed by atoms with Gasteiger partial charge in [-0.05, 0) is 24.1 Å². The maximum Gasteiger partial charge on any atom is 0.352 e. The Bertz CT molecular complexity index is 936. The van der Waals surface area contributed by atoms with E-state index >= 15 is 0 Å². The highest BCUT2D eigenvalue weighted by Crippen LogP contribution is 2.32. The first-order chi connectivity index (χ1) is 12.0. The maximum atomic E-state index is 13.4. The zero-order valence-corrected chi connectivity index (χ0v) is 13.4. The number of aromatic nitrogens is 2. The van der Waals surface area contributed by atoms with Gasteiger partial charge in [0.15, 0.2) is 0 Å². The van der Waals surface area contributed by atoms with Crippen molar-refractivity contribution in [1.82, 2.24) is 9.55 Å². The number of fused-ring (bicyclic) bond motifs is 3. The number of hydrogen-bond acceptors (Lipinski definition) is 6. The SMILES string of the molecule is N#Cc1cc(COc2cc3n(c(=O)n2)CC2C[C@@H](N)CN32)ccc1F. The first-order valence-corrected chi connectivity index (χ1v) is 8.00. The lowest BCUT2D eigenvalue weighted by Gasteiger charge is -2.17. The Labute approximate surface area is 143 Å². The van der Waals surface area contributed by atoms with Crippen LogP contribution in [0.4, 0.5) is 10.2 Å². The van der Waals surface area contributed by atoms with Gasteiger partial charge in [-0.25, -0.2) is 9.18 Å². The Morgan fingerprint density at radius 1 is 1.40 bits per heavy atom. The minimum atomic E-state index is -0.573. The van der Waals surface area contributed by atoms with Crippen LogP contribution in [0.25, 0.3) is 0 Å². The van der Waals surface area contributed by atoms with Crippen molar-refractivity contribution in [1.29, 1.82) is 5.26 Å². The van der Waals surface area contributed by atoms with Crippen molar-refractivity contribution >= 4 is 5.82 Å². The minimum Gasteiger partial charge on any atom is -0.473 e. The summed E-state index contributed by atoms with van der Waals surface area (Å²) in [6.45, 7) is 1.39. The summed E-state index contributed by atoms with van der Waals surface area (Å²) in [5.74, 6) is 0.404. The van der Waals surface area contributed by atoms with Gasteiger partial charge in [0.05, 0.1) is 11.6 Å². The maximum absolute atomic E-state index is 13.4. The highest BCUT2D eigenvalue weighted by molar-refractivity contribution is 5.48. The van der Waals surface area contributed by atoms with Gasteiger partial charge in [-0.15, -0.1) is 0 Å². The van der Waals surface area contributed by atoms with Crippen molar-refractivity contribution in [2.45, 2.75) is 31.7 Å². The van der Waals surface area contributed by atoms with E-state index < -0.39 is 5.82 Å². The van der Waals surface area contributed by atoms with Crippen molar-refractivity contribution < 1.29 is 9.13 Å². The number of rotatable bonds is 3. The molecule has 1 aromatic heterocycles. The molecule has 2 aliphatic rings. The summed E-state index contributed by atoms with van der Waals surface area (Å²) in [5, 5.41) is 8.88. The van der Waals surface area contributed by atoms with E-state index in [4.69, 9.17) is 15.7 Å². The van der Waals surface area contributed by atoms with Gasteiger partial charge in [0.25, 0.3) is 0 Å². The van der Waals surface area contributed by atoms with Crippen LogP contribution >= 0.6 is 0 Å². The van der Waals surface area contributed by atoms with Crippen LogP contribution in [0.3, 0.4) is 0 Å². The number of nitrogens with zero attached hydrogens (tertiary/aromatic N) is 4. The van der Waals surface area contributed by atoms with Crippen molar-refractivity contribution in [3.8, 4) is 11.9 Å². The van der Waals surface area contributed by atoms with Gasteiger partial charge in [-0.3, -0.25) is 4.57 Å². The second-order valence-electron chi connectivity index (χ2n) is 6.36. The zero-order chi connectivity index (χ0) is 17.6. The molecule has 1 unspecified atom stereocenters. The Balaban J connectivity index is 1.56. The number of nitriles is 1. The summed E-state index contributed by atoms with van der Waals surface area (Å²) in [4.78, 5) is 18.3. The van der Waals surface area contributed by atoms with Crippen LogP contribution in [0.15, 0.2) is 29.1 Å². The predicted octanol–water partition coefficient (Wildman–Crippen LogP) is 0.753. The average molecular weight is 341 g/mol. The fourth-order valence-electron chi connectivity index (χ4n) is 3.48. The van der Waals surface area contributed by atoms with E-state index in [1.54, 1.807) is 16.7 Å². The van der Waals surface area contributed by atoms with Gasteiger partial charge >= 0.3 is 5.69 Å². The van der Waals surface area contributed by atoms with Crippen LogP contribution in [-0.4, -0.2) is 28.2 Å². The molecular weight excluding hydrogens is 325 g/mol. The molecule has 0 aliphatic carbocycles. The highest BCUT2D eigenvalue weighted by atomic mass is 19.1. The van der Waals surface area contributed by atoms with Gasteiger partial charge < -0.3 is 15.4 Å². The summed E-state index contributed by atoms with van der Waals surface area (Å²) in [6, 6.07) is 8.03. The van der Waals surface area contributed by atoms with Crippen molar-refractivity contribution in [3.63, 3.8) is 0 Å². The first-order valence-electron chi connectivity index (χ1n) is 8.00. The van der Waals surface area contributed by atoms with E-state index in [-0.39, 0.29) is 35.8 Å². The molecule has 3 heterocycles. The molecule has 1 aromatic carbocycles. The standard InChI is InChI=1S/C17H16FN5O2/c18-14-2-1-10(3-11(14)6-19)9-25-15-5-16-22-7-12(20)4-13(22)8-23(16)17(24)21-15/h1-3,5,12-13H,4,7-9,20H2/t12-,13?/m1/s1. The fourth-order valence-corrected chi connectivity index (χ4v) is 3.48. The normalized spacial score (nSPS) is 20.9. The molecule has 8 heteroatoms. The van der Waals surface area contributed by atoms with Gasteiger partial charge in [0.1, 0.15) is 24.3 Å². The van der Waals surface area contributed by atoms with Crippen LogP contribution in [0.5, 0.6) is 5.88 Å². The second-order valence-corrected chi connectivity index (χ2v) is 6.36. The predicted molar refractivity (Wildman–Crippen MR) is 87.7 cm³/mol. The van der Waals surface area contributed by atoms with Crippen LogP contribution < -0.4 is 21.1 Å². The molecule has 128 valence electrons. The van der Waals surface area contributed by atoms with Gasteiger partial charge in [-0.2, -0.15) is 10.2 Å². The molecule has 25 heavy (non-hydrogen) atoms. The number of ether oxygens (including phenoxy) is 1. The Kier molecular flexibility index (Phi) is 3.66. The largest absolute Gasteiger partial charge is 0.473 e. The van der Waals surface area contributed by atoms with Crippen molar-refractivity contribution in [2.24, 2.45) is 5.73 Å². The van der Waals surface area contributed by atoms with E-state index in [0.717, 1.165) is 12.2 Å². The number of nitrogens with two attached hydrogens (primary N) is 1. The van der Waals surface area contributed by atoms with Crippen LogP contribution in [0, 0.1) is 17.1 Å². The lowest BCUT2D eigenvalue weighted by molar-refractivity contribution is 0.291. The second kappa shape index (κ2) is 5.86. The van der Waals surface area contributed by atoms with Crippen LogP contribution in [0.2, 0.25) is 0 Å². The summed E-state index contributed by atoms with van der Waals surface area (Å²) in [7, 11) is 0. The molecule has 1 fully saturated rings. The zero-order valence-electron chi connectivity index (χ0n) is 13.4. The number of benzene rings is 1. The third-order valence-electron chi connectivity index (χ3n) is 4.64. The molecular formula is C17H16FN5O2. The first kappa shape index (κ1) is 15.6. The Morgan fingerprint density at radius 2 is 2.24 bits per heavy atom. The van der Waals surface area contributed by atoms with E-state index in [9.17, 15) is 9.18 Å². The van der Waals surface area contributed by atoms with E-state index in [1.165, 1.54) is 18.2 Å². The molecule has 0 saturated carbocycles. The van der Waals surface area contributed by atoms with Crippen LogP contribution in [-0.2, 0) is 13.2 Å². The molecule has 0 spiro atoms. The molecule has 0 amide bonds. The molecule has 0 bridgehead atoms. The molecule has 2 aliphatic heterocycles. The molecule has 2 atom stereocenters. The van der Waals surface area contributed by atoms with Gasteiger partial charge in [-0.1, -0.05) is 6.07 Å². The topological polar surface area (TPSA) is 97.2 Å². The van der Waals surface area contributed by atoms with Crippen molar-refractivity contribution in [3.05, 3.63) is 51.7 Å². The Hall–Kier alpha value is -2.92. The highest BCUT2D eigenvalue weighted by Gasteiger charge is 2.38. The smallest absolute Gasteiger partial charge is 0.352 e. The van der Waals surface area contributed by atoms with Gasteiger partial charge in [0, 0.05) is 25.2 Å². The molecule has 0 radical (unpaired) electrons. The molecule has 7 nitrogen and oxygen atoms in total. The minimum absolute atomic E-state index is 0.0445. The summed E-state index contributed by atoms with van der Waals surface area (Å²) in [6.07, 6.45) is 0.851. The lowest BCUT2D eigenvalue weighted by Crippen LogP contribution is -2.28. The number of anilines is 1. The third-order valence-corrected chi connectivity index (χ3v) is 4.64. The number of hydrogen-bond donors (Lipinski definition) is 1. The molecule has 1 saturated heterocycles. The van der Waals surface area contributed by atoms with E-state index in [2.05, 4.69) is 9.88 Å². The van der Waals surface area contributed by atoms with E-state index in [0.29, 0.717) is 18.7 Å². The van der Waals surface area contributed by atoms with Gasteiger partial charge in [0.2, 0.25) is 5.88 Å². The Morgan fingerprint density at radius 3 is 3.04 bits per heavy atom. The lowest BCUT2D eigenvalue weighted by atomic mass is 10.1. The molecule has 2 aromatic rings.